The smallest absolute Gasteiger partial charge is 0.264 e. The topological polar surface area (TPSA) is 68.5 Å². The van der Waals surface area contributed by atoms with Crippen molar-refractivity contribution in [2.75, 3.05) is 11.9 Å². The van der Waals surface area contributed by atoms with Gasteiger partial charge in [0.1, 0.15) is 5.75 Å². The van der Waals surface area contributed by atoms with Crippen molar-refractivity contribution >= 4 is 51.4 Å². The van der Waals surface area contributed by atoms with E-state index in [1.165, 1.54) is 11.3 Å². The Balaban J connectivity index is 1.51. The first-order valence-corrected chi connectivity index (χ1v) is 9.51. The van der Waals surface area contributed by atoms with Crippen LogP contribution in [0.5, 0.6) is 5.75 Å². The van der Waals surface area contributed by atoms with Gasteiger partial charge in [-0.3, -0.25) is 10.1 Å². The molecule has 0 saturated carbocycles. The van der Waals surface area contributed by atoms with Gasteiger partial charge in [-0.05, 0) is 30.3 Å². The summed E-state index contributed by atoms with van der Waals surface area (Å²) in [7, 11) is 0. The molecule has 0 saturated heterocycles. The number of benzene rings is 2. The van der Waals surface area contributed by atoms with E-state index >= 15 is 0 Å². The van der Waals surface area contributed by atoms with Crippen molar-refractivity contribution in [1.82, 2.24) is 14.6 Å². The number of hydrogen-bond acceptors (Lipinski definition) is 5. The monoisotopic (exact) mass is 418 g/mol. The summed E-state index contributed by atoms with van der Waals surface area (Å²) >= 11 is 13.6. The van der Waals surface area contributed by atoms with E-state index in [0.717, 1.165) is 11.3 Å². The van der Waals surface area contributed by atoms with Crippen molar-refractivity contribution in [3.05, 3.63) is 64.0 Å². The highest BCUT2D eigenvalue weighted by Gasteiger charge is 2.15. The molecule has 0 aliphatic rings. The van der Waals surface area contributed by atoms with E-state index in [9.17, 15) is 4.79 Å². The van der Waals surface area contributed by atoms with Crippen LogP contribution in [0.25, 0.3) is 16.2 Å². The maximum Gasteiger partial charge on any atom is 0.264 e. The van der Waals surface area contributed by atoms with E-state index in [1.807, 2.05) is 29.6 Å². The number of fused-ring (bicyclic) bond motifs is 1. The standard InChI is InChI=1S/C18H12Cl2N4O2S/c19-11-6-7-13(14(20)8-11)15-10-27-18-22-17(23-24(15)18)21-16(25)9-26-12-4-2-1-3-5-12/h1-8,10H,9H2,(H,21,23,25). The first-order valence-electron chi connectivity index (χ1n) is 7.87. The van der Waals surface area contributed by atoms with Gasteiger partial charge in [0.05, 0.1) is 10.7 Å². The Morgan fingerprint density at radius 2 is 2.00 bits per heavy atom. The summed E-state index contributed by atoms with van der Waals surface area (Å²) in [5.41, 5.74) is 1.55. The van der Waals surface area contributed by atoms with E-state index in [1.54, 1.807) is 28.8 Å². The van der Waals surface area contributed by atoms with Gasteiger partial charge in [-0.2, -0.15) is 4.98 Å². The summed E-state index contributed by atoms with van der Waals surface area (Å²) in [5, 5.41) is 9.95. The Morgan fingerprint density at radius 1 is 1.19 bits per heavy atom. The van der Waals surface area contributed by atoms with Crippen LogP contribution in [0.2, 0.25) is 10.0 Å². The largest absolute Gasteiger partial charge is 0.484 e. The lowest BCUT2D eigenvalue weighted by Gasteiger charge is -2.05. The second-order valence-electron chi connectivity index (χ2n) is 5.52. The van der Waals surface area contributed by atoms with Crippen LogP contribution in [0.1, 0.15) is 0 Å². The molecule has 1 amide bonds. The summed E-state index contributed by atoms with van der Waals surface area (Å²) in [4.78, 5) is 17.0. The third-order valence-corrected chi connectivity index (χ3v) is 5.02. The van der Waals surface area contributed by atoms with Crippen LogP contribution in [-0.2, 0) is 4.79 Å². The predicted octanol–water partition coefficient (Wildman–Crippen LogP) is 4.78. The zero-order valence-electron chi connectivity index (χ0n) is 13.7. The molecule has 4 rings (SSSR count). The van der Waals surface area contributed by atoms with Gasteiger partial charge < -0.3 is 4.74 Å². The van der Waals surface area contributed by atoms with E-state index in [4.69, 9.17) is 27.9 Å². The van der Waals surface area contributed by atoms with Crippen molar-refractivity contribution in [2.24, 2.45) is 0 Å². The van der Waals surface area contributed by atoms with Crippen LogP contribution in [0.3, 0.4) is 0 Å². The van der Waals surface area contributed by atoms with E-state index in [-0.39, 0.29) is 18.5 Å². The van der Waals surface area contributed by atoms with Gasteiger partial charge in [0, 0.05) is 16.0 Å². The molecular weight excluding hydrogens is 407 g/mol. The van der Waals surface area contributed by atoms with Gasteiger partial charge in [0.25, 0.3) is 11.9 Å². The summed E-state index contributed by atoms with van der Waals surface area (Å²) in [6.45, 7) is -0.132. The molecule has 1 N–H and O–H groups in total. The lowest BCUT2D eigenvalue weighted by atomic mass is 10.2. The molecule has 0 unspecified atom stereocenters. The summed E-state index contributed by atoms with van der Waals surface area (Å²) in [6, 6.07) is 14.3. The number of carbonyl (C=O) groups is 1. The zero-order valence-corrected chi connectivity index (χ0v) is 16.1. The number of amides is 1. The van der Waals surface area contributed by atoms with Crippen molar-refractivity contribution in [3.8, 4) is 17.0 Å². The minimum Gasteiger partial charge on any atom is -0.484 e. The number of para-hydroxylation sites is 1. The van der Waals surface area contributed by atoms with Gasteiger partial charge in [-0.15, -0.1) is 16.4 Å². The molecule has 4 aromatic rings. The minimum atomic E-state index is -0.344. The van der Waals surface area contributed by atoms with Gasteiger partial charge in [0.2, 0.25) is 4.96 Å². The molecule has 0 aliphatic carbocycles. The Morgan fingerprint density at radius 3 is 2.78 bits per heavy atom. The molecule has 2 aromatic carbocycles. The molecule has 136 valence electrons. The third kappa shape index (κ3) is 3.90. The van der Waals surface area contributed by atoms with Crippen molar-refractivity contribution < 1.29 is 9.53 Å². The van der Waals surface area contributed by atoms with Crippen LogP contribution < -0.4 is 10.1 Å². The lowest BCUT2D eigenvalue weighted by molar-refractivity contribution is -0.118. The van der Waals surface area contributed by atoms with E-state index in [0.29, 0.717) is 20.8 Å². The number of nitrogens with one attached hydrogen (secondary N) is 1. The van der Waals surface area contributed by atoms with Gasteiger partial charge >= 0.3 is 0 Å². The highest BCUT2D eigenvalue weighted by atomic mass is 35.5. The van der Waals surface area contributed by atoms with Gasteiger partial charge in [0.15, 0.2) is 6.61 Å². The average molecular weight is 419 g/mol. The maximum absolute atomic E-state index is 12.1. The quantitative estimate of drug-likeness (QED) is 0.506. The molecule has 0 bridgehead atoms. The molecule has 0 aliphatic heterocycles. The zero-order chi connectivity index (χ0) is 18.8. The fourth-order valence-electron chi connectivity index (χ4n) is 2.44. The molecule has 0 atom stereocenters. The number of halogens is 2. The normalized spacial score (nSPS) is 10.9. The van der Waals surface area contributed by atoms with Gasteiger partial charge in [-0.25, -0.2) is 4.52 Å². The number of rotatable bonds is 5. The van der Waals surface area contributed by atoms with Crippen LogP contribution in [0, 0.1) is 0 Å². The average Bonchev–Trinajstić information content (AvgIpc) is 3.21. The molecule has 9 heteroatoms. The van der Waals surface area contributed by atoms with Crippen molar-refractivity contribution in [3.63, 3.8) is 0 Å². The molecule has 0 fully saturated rings. The van der Waals surface area contributed by atoms with Crippen LogP contribution in [0.4, 0.5) is 5.95 Å². The number of hydrogen-bond donors (Lipinski definition) is 1. The van der Waals surface area contributed by atoms with Gasteiger partial charge in [-0.1, -0.05) is 41.4 Å². The maximum atomic E-state index is 12.1. The fraction of sp³-hybridized carbons (Fsp3) is 0.0556. The molecule has 27 heavy (non-hydrogen) atoms. The summed E-state index contributed by atoms with van der Waals surface area (Å²) < 4.78 is 7.05. The third-order valence-electron chi connectivity index (χ3n) is 3.65. The number of anilines is 1. The minimum absolute atomic E-state index is 0.132. The second kappa shape index (κ2) is 7.56. The summed E-state index contributed by atoms with van der Waals surface area (Å²) in [5.74, 6) is 0.476. The molecule has 0 radical (unpaired) electrons. The first kappa shape index (κ1) is 17.8. The Kier molecular flexibility index (Phi) is 4.98. The Labute approximate surface area is 168 Å². The number of nitrogens with zero attached hydrogens (tertiary/aromatic N) is 3. The highest BCUT2D eigenvalue weighted by Crippen LogP contribution is 2.33. The first-order chi connectivity index (χ1) is 13.1. The van der Waals surface area contributed by atoms with Crippen LogP contribution >= 0.6 is 34.5 Å². The Hall–Kier alpha value is -2.61. The number of thiazole rings is 1. The number of carbonyl (C=O) groups excluding carboxylic acids is 1. The number of aromatic nitrogens is 3. The predicted molar refractivity (Wildman–Crippen MR) is 107 cm³/mol. The van der Waals surface area contributed by atoms with E-state index in [2.05, 4.69) is 15.4 Å². The second-order valence-corrected chi connectivity index (χ2v) is 7.20. The van der Waals surface area contributed by atoms with Crippen LogP contribution in [-0.4, -0.2) is 27.1 Å². The van der Waals surface area contributed by atoms with Crippen molar-refractivity contribution in [1.29, 1.82) is 0 Å². The molecular formula is C18H12Cl2N4O2S. The van der Waals surface area contributed by atoms with Crippen molar-refractivity contribution in [2.45, 2.75) is 0 Å². The fourth-order valence-corrected chi connectivity index (χ4v) is 3.77. The summed E-state index contributed by atoms with van der Waals surface area (Å²) in [6.07, 6.45) is 0. The molecule has 2 heterocycles. The number of ether oxygens (including phenoxy) is 1. The Bertz CT molecular complexity index is 1110. The SMILES string of the molecule is O=C(COc1ccccc1)Nc1nc2scc(-c3ccc(Cl)cc3Cl)n2n1. The molecule has 6 nitrogen and oxygen atoms in total. The van der Waals surface area contributed by atoms with E-state index < -0.39 is 0 Å². The van der Waals surface area contributed by atoms with Crippen LogP contribution in [0.15, 0.2) is 53.9 Å². The molecule has 0 spiro atoms. The lowest BCUT2D eigenvalue weighted by Crippen LogP contribution is -2.20. The highest BCUT2D eigenvalue weighted by molar-refractivity contribution is 7.15. The molecule has 2 aromatic heterocycles.